The monoisotopic (exact) mass is 427 g/mol. The van der Waals surface area contributed by atoms with Crippen LogP contribution in [0.3, 0.4) is 0 Å². The fraction of sp³-hybridized carbons (Fsp3) is 0.190. The van der Waals surface area contributed by atoms with Crippen LogP contribution in [0.25, 0.3) is 0 Å². The van der Waals surface area contributed by atoms with Crippen molar-refractivity contribution in [3.63, 3.8) is 0 Å². The Morgan fingerprint density at radius 2 is 1.83 bits per heavy atom. The number of aromatic nitrogens is 1. The second-order valence-corrected chi connectivity index (χ2v) is 6.96. The fourth-order valence-corrected chi connectivity index (χ4v) is 3.43. The topological polar surface area (TPSA) is 98.8 Å². The Kier molecular flexibility index (Phi) is 6.87. The van der Waals surface area contributed by atoms with Crippen molar-refractivity contribution in [1.82, 2.24) is 4.98 Å². The molecule has 3 aromatic rings. The molecule has 1 amide bonds. The van der Waals surface area contributed by atoms with E-state index in [1.807, 2.05) is 0 Å². The van der Waals surface area contributed by atoms with E-state index in [1.165, 1.54) is 18.4 Å². The number of esters is 1. The molecule has 0 atom stereocenters. The molecule has 0 saturated carbocycles. The van der Waals surface area contributed by atoms with Crippen molar-refractivity contribution in [1.29, 1.82) is 0 Å². The molecule has 0 aliphatic rings. The van der Waals surface area contributed by atoms with E-state index < -0.39 is 5.97 Å². The van der Waals surface area contributed by atoms with Gasteiger partial charge in [0.1, 0.15) is 11.5 Å². The van der Waals surface area contributed by atoms with Gasteiger partial charge in [-0.3, -0.25) is 4.79 Å². The maximum Gasteiger partial charge on any atom is 0.339 e. The molecule has 0 spiro atoms. The third-order valence-electron chi connectivity index (χ3n) is 4.15. The summed E-state index contributed by atoms with van der Waals surface area (Å²) in [5, 5.41) is 8.32. The van der Waals surface area contributed by atoms with E-state index in [0.29, 0.717) is 39.3 Å². The number of anilines is 3. The molecule has 1 aromatic heterocycles. The molecule has 0 aliphatic carbocycles. The lowest BCUT2D eigenvalue weighted by Crippen LogP contribution is -2.17. The number of nitrogens with zero attached hydrogens (tertiary/aromatic N) is 1. The van der Waals surface area contributed by atoms with E-state index in [2.05, 4.69) is 15.6 Å². The summed E-state index contributed by atoms with van der Waals surface area (Å²) >= 11 is 1.36. The fourth-order valence-electron chi connectivity index (χ4n) is 2.71. The van der Waals surface area contributed by atoms with Gasteiger partial charge in [-0.1, -0.05) is 12.1 Å². The molecular formula is C21H21N3O5S. The lowest BCUT2D eigenvalue weighted by molar-refractivity contribution is -0.115. The molecule has 0 saturated heterocycles. The Morgan fingerprint density at radius 1 is 1.03 bits per heavy atom. The van der Waals surface area contributed by atoms with E-state index in [9.17, 15) is 9.59 Å². The van der Waals surface area contributed by atoms with Crippen LogP contribution in [0.2, 0.25) is 0 Å². The zero-order valence-electron chi connectivity index (χ0n) is 16.7. The number of carbonyl (C=O) groups excluding carboxylic acids is 2. The lowest BCUT2D eigenvalue weighted by Gasteiger charge is -2.10. The number of carbonyl (C=O) groups is 2. The summed E-state index contributed by atoms with van der Waals surface area (Å²) in [4.78, 5) is 28.7. The number of para-hydroxylation sites is 1. The van der Waals surface area contributed by atoms with Gasteiger partial charge in [0.2, 0.25) is 5.91 Å². The summed E-state index contributed by atoms with van der Waals surface area (Å²) < 4.78 is 15.3. The number of methoxy groups -OCH3 is 3. The average molecular weight is 427 g/mol. The van der Waals surface area contributed by atoms with Gasteiger partial charge in [0.25, 0.3) is 0 Å². The van der Waals surface area contributed by atoms with Crippen molar-refractivity contribution in [3.8, 4) is 11.5 Å². The Hall–Kier alpha value is -3.59. The predicted octanol–water partition coefficient (Wildman–Crippen LogP) is 3.87. The summed E-state index contributed by atoms with van der Waals surface area (Å²) in [6.45, 7) is 0. The normalized spacial score (nSPS) is 10.2. The summed E-state index contributed by atoms with van der Waals surface area (Å²) in [6, 6.07) is 12.1. The number of benzene rings is 2. The van der Waals surface area contributed by atoms with Gasteiger partial charge in [-0.15, -0.1) is 11.3 Å². The van der Waals surface area contributed by atoms with Crippen LogP contribution in [-0.4, -0.2) is 38.2 Å². The van der Waals surface area contributed by atoms with Crippen molar-refractivity contribution < 1.29 is 23.8 Å². The van der Waals surface area contributed by atoms with Crippen molar-refractivity contribution in [2.75, 3.05) is 32.0 Å². The Morgan fingerprint density at radius 3 is 2.57 bits per heavy atom. The van der Waals surface area contributed by atoms with Gasteiger partial charge in [0, 0.05) is 11.4 Å². The van der Waals surface area contributed by atoms with E-state index in [0.717, 1.165) is 0 Å². The van der Waals surface area contributed by atoms with Gasteiger partial charge in [0.05, 0.1) is 50.4 Å². The molecule has 0 bridgehead atoms. The number of thiazole rings is 1. The van der Waals surface area contributed by atoms with Crippen LogP contribution in [0, 0.1) is 0 Å². The van der Waals surface area contributed by atoms with Crippen LogP contribution >= 0.6 is 11.3 Å². The highest BCUT2D eigenvalue weighted by molar-refractivity contribution is 7.13. The predicted molar refractivity (Wildman–Crippen MR) is 115 cm³/mol. The minimum Gasteiger partial charge on any atom is -0.497 e. The highest BCUT2D eigenvalue weighted by Crippen LogP contribution is 2.32. The minimum atomic E-state index is -0.515. The molecule has 3 rings (SSSR count). The average Bonchev–Trinajstić information content (AvgIpc) is 3.19. The molecule has 30 heavy (non-hydrogen) atoms. The molecular weight excluding hydrogens is 406 g/mol. The van der Waals surface area contributed by atoms with Crippen LogP contribution < -0.4 is 20.1 Å². The van der Waals surface area contributed by atoms with Crippen LogP contribution in [0.15, 0.2) is 47.8 Å². The number of hydrogen-bond acceptors (Lipinski definition) is 8. The van der Waals surface area contributed by atoms with Gasteiger partial charge >= 0.3 is 5.97 Å². The summed E-state index contributed by atoms with van der Waals surface area (Å²) in [5.74, 6) is 0.517. The maximum atomic E-state index is 12.4. The summed E-state index contributed by atoms with van der Waals surface area (Å²) in [5.41, 5.74) is 1.98. The molecule has 0 aliphatic heterocycles. The van der Waals surface area contributed by atoms with Gasteiger partial charge in [-0.25, -0.2) is 9.78 Å². The summed E-state index contributed by atoms with van der Waals surface area (Å²) in [6.07, 6.45) is 0.0585. The van der Waals surface area contributed by atoms with Gasteiger partial charge < -0.3 is 24.8 Å². The van der Waals surface area contributed by atoms with Crippen LogP contribution in [-0.2, 0) is 16.0 Å². The number of amides is 1. The SMILES string of the molecule is COC(=O)c1ccccc1NC(=O)Cc1csc(Nc2cc(OC)ccc2OC)n1. The molecule has 8 nitrogen and oxygen atoms in total. The van der Waals surface area contributed by atoms with Gasteiger partial charge in [0.15, 0.2) is 5.13 Å². The largest absolute Gasteiger partial charge is 0.497 e. The van der Waals surface area contributed by atoms with E-state index >= 15 is 0 Å². The van der Waals surface area contributed by atoms with Crippen molar-refractivity contribution >= 4 is 39.7 Å². The second kappa shape index (κ2) is 9.75. The number of rotatable bonds is 8. The molecule has 2 N–H and O–H groups in total. The van der Waals surface area contributed by atoms with Crippen molar-refractivity contribution in [2.24, 2.45) is 0 Å². The van der Waals surface area contributed by atoms with E-state index in [4.69, 9.17) is 14.2 Å². The molecule has 0 radical (unpaired) electrons. The highest BCUT2D eigenvalue weighted by Gasteiger charge is 2.15. The Bertz CT molecular complexity index is 1050. The van der Waals surface area contributed by atoms with Crippen LogP contribution in [0.1, 0.15) is 16.1 Å². The molecule has 9 heteroatoms. The van der Waals surface area contributed by atoms with Crippen molar-refractivity contribution in [2.45, 2.75) is 6.42 Å². The Balaban J connectivity index is 1.68. The quantitative estimate of drug-likeness (QED) is 0.527. The lowest BCUT2D eigenvalue weighted by atomic mass is 10.1. The van der Waals surface area contributed by atoms with Crippen LogP contribution in [0.4, 0.5) is 16.5 Å². The van der Waals surface area contributed by atoms with Gasteiger partial charge in [-0.2, -0.15) is 0 Å². The zero-order chi connectivity index (χ0) is 21.5. The molecule has 1 heterocycles. The smallest absolute Gasteiger partial charge is 0.339 e. The van der Waals surface area contributed by atoms with Crippen LogP contribution in [0.5, 0.6) is 11.5 Å². The van der Waals surface area contributed by atoms with Gasteiger partial charge in [-0.05, 0) is 24.3 Å². The molecule has 2 aromatic carbocycles. The van der Waals surface area contributed by atoms with E-state index in [-0.39, 0.29) is 12.3 Å². The zero-order valence-corrected chi connectivity index (χ0v) is 17.5. The molecule has 0 unspecified atom stereocenters. The molecule has 0 fully saturated rings. The Labute approximate surface area is 177 Å². The number of nitrogens with one attached hydrogen (secondary N) is 2. The number of ether oxygens (including phenoxy) is 3. The number of hydrogen-bond donors (Lipinski definition) is 2. The minimum absolute atomic E-state index is 0.0585. The standard InChI is InChI=1S/C21H21N3O5S/c1-27-14-8-9-18(28-2)17(11-14)24-21-22-13(12-30-21)10-19(25)23-16-7-5-4-6-15(16)20(26)29-3/h4-9,11-12H,10H2,1-3H3,(H,22,24)(H,23,25). The van der Waals surface area contributed by atoms with E-state index in [1.54, 1.807) is 62.1 Å². The first-order valence-corrected chi connectivity index (χ1v) is 9.82. The first-order valence-electron chi connectivity index (χ1n) is 8.94. The third kappa shape index (κ3) is 5.06. The third-order valence-corrected chi connectivity index (χ3v) is 4.95. The van der Waals surface area contributed by atoms with Crippen molar-refractivity contribution in [3.05, 3.63) is 59.1 Å². The first-order chi connectivity index (χ1) is 14.5. The maximum absolute atomic E-state index is 12.4. The summed E-state index contributed by atoms with van der Waals surface area (Å²) in [7, 11) is 4.46. The highest BCUT2D eigenvalue weighted by atomic mass is 32.1. The first kappa shape index (κ1) is 21.1. The second-order valence-electron chi connectivity index (χ2n) is 6.10. The molecule has 156 valence electrons.